The van der Waals surface area contributed by atoms with Crippen molar-refractivity contribution in [2.24, 2.45) is 5.73 Å². The summed E-state index contributed by atoms with van der Waals surface area (Å²) in [6.45, 7) is -0.430. The number of halogens is 9. The first kappa shape index (κ1) is 25.4. The molecule has 194 valence electrons. The number of hydrogen-bond acceptors (Lipinski definition) is 7. The van der Waals surface area contributed by atoms with Crippen LogP contribution in [0, 0.1) is 0 Å². The lowest BCUT2D eigenvalue weighted by Crippen LogP contribution is -2.17. The van der Waals surface area contributed by atoms with E-state index in [4.69, 9.17) is 10.3 Å². The maximum Gasteiger partial charge on any atom is 0.435 e. The Kier molecular flexibility index (Phi) is 6.20. The van der Waals surface area contributed by atoms with Gasteiger partial charge in [0.05, 0.1) is 5.57 Å². The van der Waals surface area contributed by atoms with E-state index >= 15 is 0 Å². The normalized spacial score (nSPS) is 15.3. The van der Waals surface area contributed by atoms with Crippen molar-refractivity contribution in [3.8, 4) is 0 Å². The molecule has 0 aliphatic heterocycles. The third kappa shape index (κ3) is 4.99. The molecule has 0 bridgehead atoms. The Balaban J connectivity index is 1.69. The molecule has 4 rings (SSSR count). The van der Waals surface area contributed by atoms with Gasteiger partial charge < -0.3 is 10.3 Å². The number of rotatable bonds is 4. The van der Waals surface area contributed by atoms with Crippen molar-refractivity contribution in [3.63, 3.8) is 0 Å². The van der Waals surface area contributed by atoms with Gasteiger partial charge >= 0.3 is 18.5 Å². The first-order chi connectivity index (χ1) is 16.7. The zero-order chi connectivity index (χ0) is 26.5. The van der Waals surface area contributed by atoms with Gasteiger partial charge in [-0.15, -0.1) is 0 Å². The smallest absolute Gasteiger partial charge is 0.404 e. The third-order valence-electron chi connectivity index (χ3n) is 5.23. The van der Waals surface area contributed by atoms with Gasteiger partial charge in [-0.25, -0.2) is 9.97 Å². The van der Waals surface area contributed by atoms with Crippen molar-refractivity contribution in [1.29, 1.82) is 0 Å². The molecule has 3 aromatic heterocycles. The molecule has 0 aromatic carbocycles. The zero-order valence-electron chi connectivity index (χ0n) is 17.8. The van der Waals surface area contributed by atoms with Gasteiger partial charge in [0.25, 0.3) is 0 Å². The molecule has 3 aromatic rings. The summed E-state index contributed by atoms with van der Waals surface area (Å²) in [6.07, 6.45) is -12.9. The molecular weight excluding hydrogens is 513 g/mol. The first-order valence-corrected chi connectivity index (χ1v) is 10.1. The first-order valence-electron chi connectivity index (χ1n) is 10.1. The van der Waals surface area contributed by atoms with Crippen molar-refractivity contribution in [2.45, 2.75) is 50.8 Å². The molecule has 2 N–H and O–H groups in total. The van der Waals surface area contributed by atoms with Gasteiger partial charge in [-0.05, 0) is 31.7 Å². The van der Waals surface area contributed by atoms with Crippen LogP contribution in [0.2, 0.25) is 0 Å². The van der Waals surface area contributed by atoms with Crippen LogP contribution in [-0.4, -0.2) is 29.9 Å². The van der Waals surface area contributed by atoms with Crippen molar-refractivity contribution in [1.82, 2.24) is 29.9 Å². The van der Waals surface area contributed by atoms with E-state index in [1.807, 2.05) is 0 Å². The molecule has 0 radical (unpaired) electrons. The second kappa shape index (κ2) is 8.77. The van der Waals surface area contributed by atoms with E-state index in [0.717, 1.165) is 4.68 Å². The van der Waals surface area contributed by atoms with E-state index in [1.165, 1.54) is 0 Å². The largest absolute Gasteiger partial charge is 0.435 e. The van der Waals surface area contributed by atoms with Gasteiger partial charge in [-0.2, -0.15) is 49.6 Å². The third-order valence-corrected chi connectivity index (χ3v) is 5.23. The van der Waals surface area contributed by atoms with E-state index in [2.05, 4.69) is 25.2 Å². The van der Waals surface area contributed by atoms with Crippen LogP contribution in [0.3, 0.4) is 0 Å². The highest BCUT2D eigenvalue weighted by Gasteiger charge is 2.41. The van der Waals surface area contributed by atoms with E-state index in [-0.39, 0.29) is 23.9 Å². The standard InChI is InChI=1S/C19H14F9N7O/c20-17(21,22)11-5-12(18(23,24)25)31-15(30-11)9(6-29)16-32-13(36-34-16)7-35-10-4-2-1-3-8(10)14(33-35)19(26,27)28/h5-6H,1-4,7,29H2. The van der Waals surface area contributed by atoms with Crippen molar-refractivity contribution < 1.29 is 44.0 Å². The van der Waals surface area contributed by atoms with Crippen molar-refractivity contribution in [3.05, 3.63) is 58.1 Å². The van der Waals surface area contributed by atoms with E-state index in [0.29, 0.717) is 31.2 Å². The SMILES string of the molecule is NC=C(c1nc(C(F)(F)F)cc(C(F)(F)F)n1)c1noc(Cn2nc(C(F)(F)F)c3c2CCCC3)n1. The Morgan fingerprint density at radius 3 is 2.06 bits per heavy atom. The minimum Gasteiger partial charge on any atom is -0.404 e. The number of hydrogen-bond donors (Lipinski definition) is 1. The molecule has 3 heterocycles. The average molecular weight is 527 g/mol. The van der Waals surface area contributed by atoms with Crippen LogP contribution in [0.5, 0.6) is 0 Å². The summed E-state index contributed by atoms with van der Waals surface area (Å²) in [4.78, 5) is 10.0. The molecule has 8 nitrogen and oxygen atoms in total. The van der Waals surface area contributed by atoms with E-state index < -0.39 is 59.4 Å². The lowest BCUT2D eigenvalue weighted by molar-refractivity contribution is -0.148. The fourth-order valence-electron chi connectivity index (χ4n) is 3.69. The molecule has 0 saturated carbocycles. The molecule has 0 fully saturated rings. The number of fused-ring (bicyclic) bond motifs is 1. The predicted octanol–water partition coefficient (Wildman–Crippen LogP) is 4.39. The Labute approximate surface area is 195 Å². The lowest BCUT2D eigenvalue weighted by Gasteiger charge is -2.14. The minimum atomic E-state index is -5.24. The predicted molar refractivity (Wildman–Crippen MR) is 101 cm³/mol. The van der Waals surface area contributed by atoms with Crippen molar-refractivity contribution >= 4 is 5.57 Å². The summed E-state index contributed by atoms with van der Waals surface area (Å²) >= 11 is 0. The molecule has 0 unspecified atom stereocenters. The highest BCUT2D eigenvalue weighted by Crippen LogP contribution is 2.37. The van der Waals surface area contributed by atoms with Gasteiger partial charge in [0.15, 0.2) is 11.5 Å². The van der Waals surface area contributed by atoms with E-state index in [9.17, 15) is 39.5 Å². The van der Waals surface area contributed by atoms with Gasteiger partial charge in [0.1, 0.15) is 17.9 Å². The van der Waals surface area contributed by atoms with Gasteiger partial charge in [-0.3, -0.25) is 4.68 Å². The molecule has 0 atom stereocenters. The number of aromatic nitrogens is 6. The zero-order valence-corrected chi connectivity index (χ0v) is 17.8. The summed E-state index contributed by atoms with van der Waals surface area (Å²) in [7, 11) is 0. The second-order valence-electron chi connectivity index (χ2n) is 7.69. The quantitative estimate of drug-likeness (QED) is 0.502. The molecule has 1 aliphatic carbocycles. The summed E-state index contributed by atoms with van der Waals surface area (Å²) in [6, 6.07) is -0.265. The monoisotopic (exact) mass is 527 g/mol. The van der Waals surface area contributed by atoms with Gasteiger partial charge in [-0.1, -0.05) is 5.16 Å². The Morgan fingerprint density at radius 1 is 0.889 bits per heavy atom. The lowest BCUT2D eigenvalue weighted by atomic mass is 9.95. The summed E-state index contributed by atoms with van der Waals surface area (Å²) in [5.74, 6) is -1.98. The minimum absolute atomic E-state index is 0.0491. The average Bonchev–Trinajstić information content (AvgIpc) is 3.38. The van der Waals surface area contributed by atoms with Crippen LogP contribution in [0.1, 0.15) is 58.7 Å². The Hall–Kier alpha value is -3.66. The molecule has 17 heteroatoms. The van der Waals surface area contributed by atoms with Crippen LogP contribution < -0.4 is 5.73 Å². The fraction of sp³-hybridized carbons (Fsp3) is 0.421. The molecule has 1 aliphatic rings. The Morgan fingerprint density at radius 2 is 1.50 bits per heavy atom. The summed E-state index contributed by atoms with van der Waals surface area (Å²) in [5, 5.41) is 7.09. The number of nitrogens with zero attached hydrogens (tertiary/aromatic N) is 6. The molecular formula is C19H14F9N7O. The van der Waals surface area contributed by atoms with E-state index in [1.54, 1.807) is 0 Å². The maximum absolute atomic E-state index is 13.4. The van der Waals surface area contributed by atoms with Gasteiger partial charge in [0, 0.05) is 17.5 Å². The second-order valence-corrected chi connectivity index (χ2v) is 7.69. The molecule has 0 amide bonds. The van der Waals surface area contributed by atoms with Crippen LogP contribution >= 0.6 is 0 Å². The highest BCUT2D eigenvalue weighted by molar-refractivity contribution is 5.71. The topological polar surface area (TPSA) is 109 Å². The van der Waals surface area contributed by atoms with Crippen LogP contribution in [0.15, 0.2) is 16.8 Å². The van der Waals surface area contributed by atoms with Crippen molar-refractivity contribution in [2.75, 3.05) is 0 Å². The highest BCUT2D eigenvalue weighted by atomic mass is 19.4. The molecule has 0 spiro atoms. The molecule has 0 saturated heterocycles. The number of nitrogens with two attached hydrogens (primary N) is 1. The maximum atomic E-state index is 13.4. The Bertz CT molecular complexity index is 1270. The van der Waals surface area contributed by atoms with Crippen LogP contribution in [0.4, 0.5) is 39.5 Å². The summed E-state index contributed by atoms with van der Waals surface area (Å²) in [5.41, 5.74) is 0.321. The molecule has 36 heavy (non-hydrogen) atoms. The van der Waals surface area contributed by atoms with Crippen LogP contribution in [-0.2, 0) is 37.9 Å². The summed E-state index contributed by atoms with van der Waals surface area (Å²) < 4.78 is 125. The van der Waals surface area contributed by atoms with Crippen LogP contribution in [0.25, 0.3) is 5.57 Å². The number of alkyl halides is 9. The fourth-order valence-corrected chi connectivity index (χ4v) is 3.69. The van der Waals surface area contributed by atoms with Gasteiger partial charge in [0.2, 0.25) is 11.7 Å².